The molecule has 4 aliphatic rings. The third-order valence-electron chi connectivity index (χ3n) is 6.87. The second kappa shape index (κ2) is 6.78. The SMILES string of the molecule is O=C(CC(C(=O)OC1CC2CCC1C2)S(=O)(=O)O)OC1CC2CCC1C2. The van der Waals surface area contributed by atoms with Crippen molar-refractivity contribution in [1.29, 1.82) is 0 Å². The maximum absolute atomic E-state index is 12.4. The predicted molar refractivity (Wildman–Crippen MR) is 90.6 cm³/mol. The highest BCUT2D eigenvalue weighted by Crippen LogP contribution is 2.47. The summed E-state index contributed by atoms with van der Waals surface area (Å²) in [5.74, 6) is -0.0613. The molecule has 4 bridgehead atoms. The topological polar surface area (TPSA) is 107 Å². The van der Waals surface area contributed by atoms with E-state index < -0.39 is 33.7 Å². The van der Waals surface area contributed by atoms with Gasteiger partial charge in [-0.15, -0.1) is 0 Å². The third kappa shape index (κ3) is 3.63. The first kappa shape index (κ1) is 18.2. The van der Waals surface area contributed by atoms with Crippen LogP contribution in [0.1, 0.15) is 57.8 Å². The van der Waals surface area contributed by atoms with Crippen LogP contribution in [0.15, 0.2) is 0 Å². The lowest BCUT2D eigenvalue weighted by atomic mass is 9.97. The maximum atomic E-state index is 12.4. The highest BCUT2D eigenvalue weighted by molar-refractivity contribution is 7.87. The summed E-state index contributed by atoms with van der Waals surface area (Å²) in [6.07, 6.45) is 6.70. The molecule has 7 atom stereocenters. The van der Waals surface area contributed by atoms with Gasteiger partial charge < -0.3 is 9.47 Å². The number of hydrogen-bond donors (Lipinski definition) is 1. The quantitative estimate of drug-likeness (QED) is 0.550. The van der Waals surface area contributed by atoms with Gasteiger partial charge in [-0.3, -0.25) is 14.1 Å². The zero-order valence-corrected chi connectivity index (χ0v) is 15.5. The minimum absolute atomic E-state index is 0.190. The zero-order chi connectivity index (χ0) is 18.5. The number of fused-ring (bicyclic) bond motifs is 4. The van der Waals surface area contributed by atoms with Crippen molar-refractivity contribution in [3.05, 3.63) is 0 Å². The standard InChI is InChI=1S/C18H26O7S/c19-17(24-14-7-10-1-3-12(14)5-10)9-16(26(21,22)23)18(20)25-15-8-11-2-4-13(15)6-11/h10-16H,1-9H2,(H,21,22,23). The Bertz CT molecular complexity index is 688. The molecule has 0 aromatic rings. The van der Waals surface area contributed by atoms with E-state index in [0.717, 1.165) is 51.4 Å². The molecule has 1 N–H and O–H groups in total. The Kier molecular flexibility index (Phi) is 4.75. The summed E-state index contributed by atoms with van der Waals surface area (Å²) in [4.78, 5) is 24.5. The predicted octanol–water partition coefficient (Wildman–Crippen LogP) is 2.10. The molecular formula is C18H26O7S. The molecule has 4 saturated carbocycles. The molecule has 0 spiro atoms. The second-order valence-electron chi connectivity index (χ2n) is 8.56. The van der Waals surface area contributed by atoms with Gasteiger partial charge in [0.05, 0.1) is 6.42 Å². The molecule has 8 heteroatoms. The normalized spacial score (nSPS) is 39.1. The van der Waals surface area contributed by atoms with Crippen LogP contribution in [0.4, 0.5) is 0 Å². The van der Waals surface area contributed by atoms with Gasteiger partial charge in [-0.2, -0.15) is 8.42 Å². The van der Waals surface area contributed by atoms with Crippen LogP contribution in [-0.2, 0) is 29.2 Å². The first-order valence-electron chi connectivity index (χ1n) is 9.66. The fourth-order valence-corrected chi connectivity index (χ4v) is 6.21. The molecule has 0 aromatic heterocycles. The van der Waals surface area contributed by atoms with Crippen molar-refractivity contribution in [2.24, 2.45) is 23.7 Å². The van der Waals surface area contributed by atoms with Gasteiger partial charge in [-0.05, 0) is 75.0 Å². The van der Waals surface area contributed by atoms with Gasteiger partial charge in [-0.1, -0.05) is 0 Å². The summed E-state index contributed by atoms with van der Waals surface area (Å²) >= 11 is 0. The monoisotopic (exact) mass is 386 g/mol. The van der Waals surface area contributed by atoms with Crippen molar-refractivity contribution in [2.45, 2.75) is 75.2 Å². The molecule has 7 unspecified atom stereocenters. The van der Waals surface area contributed by atoms with Gasteiger partial charge in [0.25, 0.3) is 10.1 Å². The summed E-state index contributed by atoms with van der Waals surface area (Å²) in [5.41, 5.74) is 0. The fourth-order valence-electron chi connectivity index (χ4n) is 5.57. The van der Waals surface area contributed by atoms with Crippen molar-refractivity contribution < 1.29 is 32.0 Å². The van der Waals surface area contributed by atoms with E-state index in [4.69, 9.17) is 9.47 Å². The Labute approximate surface area is 153 Å². The largest absolute Gasteiger partial charge is 0.462 e. The lowest BCUT2D eigenvalue weighted by molar-refractivity contribution is -0.158. The molecular weight excluding hydrogens is 360 g/mol. The Hall–Kier alpha value is -1.15. The van der Waals surface area contributed by atoms with Crippen molar-refractivity contribution >= 4 is 22.1 Å². The molecule has 0 radical (unpaired) electrons. The van der Waals surface area contributed by atoms with Gasteiger partial charge in [0, 0.05) is 0 Å². The molecule has 0 aromatic carbocycles. The van der Waals surface area contributed by atoms with E-state index in [2.05, 4.69) is 0 Å². The van der Waals surface area contributed by atoms with Crippen LogP contribution in [0.25, 0.3) is 0 Å². The molecule has 146 valence electrons. The molecule has 4 rings (SSSR count). The van der Waals surface area contributed by atoms with Crippen molar-refractivity contribution in [3.8, 4) is 0 Å². The van der Waals surface area contributed by atoms with Crippen LogP contribution in [0.3, 0.4) is 0 Å². The van der Waals surface area contributed by atoms with Gasteiger partial charge in [0.15, 0.2) is 5.25 Å². The average molecular weight is 386 g/mol. The average Bonchev–Trinajstić information content (AvgIpc) is 3.32. The Morgan fingerprint density at radius 2 is 1.42 bits per heavy atom. The lowest BCUT2D eigenvalue weighted by Crippen LogP contribution is -2.38. The van der Waals surface area contributed by atoms with Gasteiger partial charge in [0.1, 0.15) is 12.2 Å². The number of hydrogen-bond acceptors (Lipinski definition) is 6. The van der Waals surface area contributed by atoms with E-state index in [1.165, 1.54) is 0 Å². The van der Waals surface area contributed by atoms with Crippen molar-refractivity contribution in [2.75, 3.05) is 0 Å². The zero-order valence-electron chi connectivity index (χ0n) is 14.7. The Morgan fingerprint density at radius 3 is 1.85 bits per heavy atom. The van der Waals surface area contributed by atoms with Crippen LogP contribution in [0, 0.1) is 23.7 Å². The lowest BCUT2D eigenvalue weighted by Gasteiger charge is -2.25. The van der Waals surface area contributed by atoms with Crippen molar-refractivity contribution in [1.82, 2.24) is 0 Å². The highest BCUT2D eigenvalue weighted by atomic mass is 32.2. The first-order valence-corrected chi connectivity index (χ1v) is 11.2. The summed E-state index contributed by atoms with van der Waals surface area (Å²) in [6, 6.07) is 0. The minimum atomic E-state index is -4.73. The van der Waals surface area contributed by atoms with E-state index in [-0.39, 0.29) is 18.1 Å². The summed E-state index contributed by atoms with van der Waals surface area (Å²) in [6.45, 7) is 0. The van der Waals surface area contributed by atoms with E-state index >= 15 is 0 Å². The minimum Gasteiger partial charge on any atom is -0.462 e. The van der Waals surface area contributed by atoms with Crippen LogP contribution < -0.4 is 0 Å². The van der Waals surface area contributed by atoms with Gasteiger partial charge >= 0.3 is 11.9 Å². The summed E-state index contributed by atoms with van der Waals surface area (Å²) in [5, 5.41) is -1.90. The molecule has 4 aliphatic carbocycles. The number of ether oxygens (including phenoxy) is 2. The van der Waals surface area contributed by atoms with E-state index in [1.54, 1.807) is 0 Å². The summed E-state index contributed by atoms with van der Waals surface area (Å²) < 4.78 is 43.5. The highest BCUT2D eigenvalue weighted by Gasteiger charge is 2.46. The summed E-state index contributed by atoms with van der Waals surface area (Å²) in [7, 11) is -4.73. The van der Waals surface area contributed by atoms with Crippen LogP contribution in [0.5, 0.6) is 0 Å². The van der Waals surface area contributed by atoms with E-state index in [9.17, 15) is 22.6 Å². The number of esters is 2. The Balaban J connectivity index is 1.35. The molecule has 7 nitrogen and oxygen atoms in total. The number of rotatable bonds is 6. The van der Waals surface area contributed by atoms with Crippen LogP contribution in [-0.4, -0.2) is 42.4 Å². The maximum Gasteiger partial charge on any atom is 0.327 e. The molecule has 0 amide bonds. The van der Waals surface area contributed by atoms with Gasteiger partial charge in [-0.25, -0.2) is 0 Å². The number of carbonyl (C=O) groups is 2. The second-order valence-corrected chi connectivity index (χ2v) is 10.2. The first-order chi connectivity index (χ1) is 12.3. The molecule has 0 aliphatic heterocycles. The Morgan fingerprint density at radius 1 is 0.885 bits per heavy atom. The van der Waals surface area contributed by atoms with Crippen molar-refractivity contribution in [3.63, 3.8) is 0 Å². The third-order valence-corrected chi connectivity index (χ3v) is 7.95. The molecule has 26 heavy (non-hydrogen) atoms. The fraction of sp³-hybridized carbons (Fsp3) is 0.889. The smallest absolute Gasteiger partial charge is 0.327 e. The van der Waals surface area contributed by atoms with Crippen LogP contribution >= 0.6 is 0 Å². The molecule has 0 saturated heterocycles. The number of carbonyl (C=O) groups excluding carboxylic acids is 2. The van der Waals surface area contributed by atoms with Crippen LogP contribution in [0.2, 0.25) is 0 Å². The van der Waals surface area contributed by atoms with Gasteiger partial charge in [0.2, 0.25) is 0 Å². The van der Waals surface area contributed by atoms with E-state index in [0.29, 0.717) is 17.8 Å². The van der Waals surface area contributed by atoms with E-state index in [1.807, 2.05) is 0 Å². The molecule has 4 fully saturated rings. The molecule has 0 heterocycles.